The Balaban J connectivity index is 2.08. The monoisotopic (exact) mass is 305 g/mol. The summed E-state index contributed by atoms with van der Waals surface area (Å²) in [4.78, 5) is 14.7. The van der Waals surface area contributed by atoms with E-state index in [2.05, 4.69) is 4.90 Å². The number of aliphatic carboxylic acids is 1. The van der Waals surface area contributed by atoms with Gasteiger partial charge in [-0.15, -0.1) is 11.3 Å². The highest BCUT2D eigenvalue weighted by Gasteiger charge is 2.07. The maximum absolute atomic E-state index is 13.0. The molecule has 0 aliphatic heterocycles. The van der Waals surface area contributed by atoms with Gasteiger partial charge in [-0.05, 0) is 49.4 Å². The minimum atomic E-state index is -0.952. The number of carbonyl (C=O) groups is 1. The Morgan fingerprint density at radius 2 is 2.00 bits per heavy atom. The zero-order chi connectivity index (χ0) is 15.2. The lowest BCUT2D eigenvalue weighted by Crippen LogP contribution is -2.21. The highest BCUT2D eigenvalue weighted by Crippen LogP contribution is 2.23. The molecule has 0 saturated carbocycles. The fourth-order valence-electron chi connectivity index (χ4n) is 1.95. The summed E-state index contributed by atoms with van der Waals surface area (Å²) in [6, 6.07) is 10.3. The molecule has 5 heteroatoms. The maximum Gasteiger partial charge on any atom is 0.328 e. The van der Waals surface area contributed by atoms with Gasteiger partial charge in [0.1, 0.15) is 5.82 Å². The molecule has 0 amide bonds. The molecule has 0 radical (unpaired) electrons. The van der Waals surface area contributed by atoms with E-state index in [0.717, 1.165) is 28.1 Å². The molecule has 1 N–H and O–H groups in total. The summed E-state index contributed by atoms with van der Waals surface area (Å²) in [5.74, 6) is -1.20. The van der Waals surface area contributed by atoms with E-state index in [-0.39, 0.29) is 5.82 Å². The lowest BCUT2D eigenvalue weighted by Gasteiger charge is -2.22. The predicted molar refractivity (Wildman–Crippen MR) is 84.1 cm³/mol. The zero-order valence-electron chi connectivity index (χ0n) is 11.6. The summed E-state index contributed by atoms with van der Waals surface area (Å²) in [7, 11) is 0. The minimum absolute atomic E-state index is 0.243. The van der Waals surface area contributed by atoms with Gasteiger partial charge in [0.25, 0.3) is 0 Å². The lowest BCUT2D eigenvalue weighted by molar-refractivity contribution is -0.131. The van der Waals surface area contributed by atoms with Gasteiger partial charge in [-0.1, -0.05) is 0 Å². The van der Waals surface area contributed by atoms with Crippen molar-refractivity contribution in [2.45, 2.75) is 13.5 Å². The molecule has 0 bridgehead atoms. The largest absolute Gasteiger partial charge is 0.478 e. The third-order valence-electron chi connectivity index (χ3n) is 2.99. The molecule has 1 aromatic heterocycles. The second-order valence-electron chi connectivity index (χ2n) is 4.47. The third kappa shape index (κ3) is 4.43. The predicted octanol–water partition coefficient (Wildman–Crippen LogP) is 4.01. The van der Waals surface area contributed by atoms with E-state index in [0.29, 0.717) is 6.54 Å². The van der Waals surface area contributed by atoms with Crippen LogP contribution in [0.25, 0.3) is 6.08 Å². The average molecular weight is 305 g/mol. The number of carboxylic acid groups (broad SMARTS) is 1. The van der Waals surface area contributed by atoms with Crippen LogP contribution in [0.15, 0.2) is 42.5 Å². The van der Waals surface area contributed by atoms with Gasteiger partial charge < -0.3 is 10.0 Å². The SMILES string of the molecule is CCN(Cc1ccc(C=CC(=O)O)s1)c1ccc(F)cc1. The molecule has 0 aliphatic carbocycles. The van der Waals surface area contributed by atoms with Gasteiger partial charge in [0.05, 0.1) is 6.54 Å². The van der Waals surface area contributed by atoms with Crippen molar-refractivity contribution >= 4 is 29.1 Å². The normalized spacial score (nSPS) is 11.0. The standard InChI is InChI=1S/C16H16FNO2S/c1-2-18(13-5-3-12(17)4-6-13)11-15-8-7-14(21-15)9-10-16(19)20/h3-10H,2,11H2,1H3,(H,19,20). The van der Waals surface area contributed by atoms with E-state index in [1.807, 2.05) is 19.1 Å². The molecule has 0 aliphatic rings. The van der Waals surface area contributed by atoms with Crippen LogP contribution in [0, 0.1) is 5.82 Å². The fourth-order valence-corrected chi connectivity index (χ4v) is 2.88. The van der Waals surface area contributed by atoms with E-state index < -0.39 is 5.97 Å². The molecule has 1 aromatic carbocycles. The number of rotatable bonds is 6. The first-order chi connectivity index (χ1) is 10.1. The van der Waals surface area contributed by atoms with Gasteiger partial charge in [0, 0.05) is 28.1 Å². The van der Waals surface area contributed by atoms with E-state index in [9.17, 15) is 9.18 Å². The minimum Gasteiger partial charge on any atom is -0.478 e. The van der Waals surface area contributed by atoms with Crippen molar-refractivity contribution in [2.24, 2.45) is 0 Å². The molecular weight excluding hydrogens is 289 g/mol. The van der Waals surface area contributed by atoms with Crippen molar-refractivity contribution in [2.75, 3.05) is 11.4 Å². The smallest absolute Gasteiger partial charge is 0.328 e. The van der Waals surface area contributed by atoms with Gasteiger partial charge >= 0.3 is 5.97 Å². The topological polar surface area (TPSA) is 40.5 Å². The molecule has 2 aromatic rings. The summed E-state index contributed by atoms with van der Waals surface area (Å²) in [5.41, 5.74) is 0.968. The quantitative estimate of drug-likeness (QED) is 0.820. The second-order valence-corrected chi connectivity index (χ2v) is 5.67. The number of benzene rings is 1. The molecular formula is C16H16FNO2S. The molecule has 2 rings (SSSR count). The van der Waals surface area contributed by atoms with Gasteiger partial charge in [-0.3, -0.25) is 0 Å². The Kier molecular flexibility index (Phi) is 5.11. The van der Waals surface area contributed by atoms with Crippen LogP contribution in [0.2, 0.25) is 0 Å². The van der Waals surface area contributed by atoms with Crippen LogP contribution >= 0.6 is 11.3 Å². The van der Waals surface area contributed by atoms with Crippen LogP contribution in [0.5, 0.6) is 0 Å². The van der Waals surface area contributed by atoms with Gasteiger partial charge in [-0.25, -0.2) is 9.18 Å². The fraction of sp³-hybridized carbons (Fsp3) is 0.188. The molecule has 0 fully saturated rings. The Bertz CT molecular complexity index is 634. The number of thiophene rings is 1. The number of carboxylic acids is 1. The van der Waals surface area contributed by atoms with Gasteiger partial charge in [0.15, 0.2) is 0 Å². The van der Waals surface area contributed by atoms with Crippen LogP contribution in [0.3, 0.4) is 0 Å². The van der Waals surface area contributed by atoms with Crippen LogP contribution < -0.4 is 4.90 Å². The van der Waals surface area contributed by atoms with Crippen molar-refractivity contribution in [3.05, 3.63) is 58.0 Å². The number of halogens is 1. The van der Waals surface area contributed by atoms with Crippen LogP contribution in [-0.2, 0) is 11.3 Å². The number of nitrogens with zero attached hydrogens (tertiary/aromatic N) is 1. The van der Waals surface area contributed by atoms with E-state index in [4.69, 9.17) is 5.11 Å². The van der Waals surface area contributed by atoms with Crippen molar-refractivity contribution in [3.63, 3.8) is 0 Å². The molecule has 0 unspecified atom stereocenters. The molecule has 110 valence electrons. The van der Waals surface area contributed by atoms with Crippen LogP contribution in [-0.4, -0.2) is 17.6 Å². The zero-order valence-corrected chi connectivity index (χ0v) is 12.4. The summed E-state index contributed by atoms with van der Waals surface area (Å²) in [6.07, 6.45) is 2.72. The number of hydrogen-bond acceptors (Lipinski definition) is 3. The van der Waals surface area contributed by atoms with Crippen molar-refractivity contribution in [1.82, 2.24) is 0 Å². The number of anilines is 1. The Morgan fingerprint density at radius 1 is 1.29 bits per heavy atom. The van der Waals surface area contributed by atoms with E-state index in [1.165, 1.54) is 12.1 Å². The Morgan fingerprint density at radius 3 is 2.62 bits per heavy atom. The van der Waals surface area contributed by atoms with Crippen LogP contribution in [0.4, 0.5) is 10.1 Å². The molecule has 21 heavy (non-hydrogen) atoms. The first-order valence-corrected chi connectivity index (χ1v) is 7.40. The highest BCUT2D eigenvalue weighted by molar-refractivity contribution is 7.12. The molecule has 0 spiro atoms. The second kappa shape index (κ2) is 7.04. The molecule has 0 atom stereocenters. The maximum atomic E-state index is 13.0. The van der Waals surface area contributed by atoms with Crippen molar-refractivity contribution < 1.29 is 14.3 Å². The summed E-state index contributed by atoms with van der Waals surface area (Å²) in [5, 5.41) is 8.62. The first kappa shape index (κ1) is 15.3. The number of hydrogen-bond donors (Lipinski definition) is 1. The Labute approximate surface area is 127 Å². The van der Waals surface area contributed by atoms with E-state index in [1.54, 1.807) is 29.5 Å². The van der Waals surface area contributed by atoms with E-state index >= 15 is 0 Å². The summed E-state index contributed by atoms with van der Waals surface area (Å²) in [6.45, 7) is 3.57. The van der Waals surface area contributed by atoms with Gasteiger partial charge in [-0.2, -0.15) is 0 Å². The highest BCUT2D eigenvalue weighted by atomic mass is 32.1. The van der Waals surface area contributed by atoms with Gasteiger partial charge in [0.2, 0.25) is 0 Å². The summed E-state index contributed by atoms with van der Waals surface area (Å²) >= 11 is 1.55. The Hall–Kier alpha value is -2.14. The third-order valence-corrected chi connectivity index (χ3v) is 4.03. The molecule has 1 heterocycles. The van der Waals surface area contributed by atoms with Crippen LogP contribution in [0.1, 0.15) is 16.7 Å². The molecule has 3 nitrogen and oxygen atoms in total. The summed E-state index contributed by atoms with van der Waals surface area (Å²) < 4.78 is 13.0. The van der Waals surface area contributed by atoms with Crippen molar-refractivity contribution in [1.29, 1.82) is 0 Å². The average Bonchev–Trinajstić information content (AvgIpc) is 2.91. The van der Waals surface area contributed by atoms with Crippen molar-refractivity contribution in [3.8, 4) is 0 Å². The molecule has 0 saturated heterocycles. The lowest BCUT2D eigenvalue weighted by atomic mass is 10.2. The first-order valence-electron chi connectivity index (χ1n) is 6.58.